The van der Waals surface area contributed by atoms with E-state index in [2.05, 4.69) is 0 Å². The molecule has 0 saturated carbocycles. The first-order valence-electron chi connectivity index (χ1n) is 4.87. The normalized spacial score (nSPS) is 30.9. The average molecular weight is 198 g/mol. The van der Waals surface area contributed by atoms with Crippen molar-refractivity contribution in [1.82, 2.24) is 4.90 Å². The number of amides is 2. The molecule has 0 radical (unpaired) electrons. The summed E-state index contributed by atoms with van der Waals surface area (Å²) in [6, 6.07) is 0. The van der Waals surface area contributed by atoms with Crippen molar-refractivity contribution in [2.75, 3.05) is 6.54 Å². The van der Waals surface area contributed by atoms with Gasteiger partial charge in [-0.1, -0.05) is 13.8 Å². The van der Waals surface area contributed by atoms with Crippen LogP contribution in [0, 0.1) is 5.41 Å². The minimum absolute atomic E-state index is 0.0151. The summed E-state index contributed by atoms with van der Waals surface area (Å²) in [6.45, 7) is 7.84. The maximum Gasteiger partial charge on any atom is 0.243 e. The van der Waals surface area contributed by atoms with E-state index in [-0.39, 0.29) is 5.91 Å². The SMILES string of the molecule is CCN1C(=O)C(C)(C)C[C@@]1(C)C(N)=O. The van der Waals surface area contributed by atoms with Crippen LogP contribution in [-0.2, 0) is 9.59 Å². The van der Waals surface area contributed by atoms with Crippen molar-refractivity contribution in [1.29, 1.82) is 0 Å². The van der Waals surface area contributed by atoms with E-state index in [1.54, 1.807) is 11.8 Å². The molecule has 14 heavy (non-hydrogen) atoms. The van der Waals surface area contributed by atoms with Gasteiger partial charge in [0.05, 0.1) is 0 Å². The number of nitrogens with two attached hydrogens (primary N) is 1. The van der Waals surface area contributed by atoms with Gasteiger partial charge >= 0.3 is 0 Å². The number of carbonyl (C=O) groups is 2. The number of carbonyl (C=O) groups excluding carboxylic acids is 2. The quantitative estimate of drug-likeness (QED) is 0.702. The predicted octanol–water partition coefficient (Wildman–Crippen LogP) is 0.509. The van der Waals surface area contributed by atoms with E-state index in [4.69, 9.17) is 5.73 Å². The standard InChI is InChI=1S/C10H18N2O2/c1-5-12-8(14)9(2,3)6-10(12,4)7(11)13/h5-6H2,1-4H3,(H2,11,13)/t10-/m0/s1. The molecule has 0 aromatic carbocycles. The van der Waals surface area contributed by atoms with Crippen LogP contribution in [-0.4, -0.2) is 28.8 Å². The van der Waals surface area contributed by atoms with E-state index < -0.39 is 16.9 Å². The second kappa shape index (κ2) is 2.97. The zero-order valence-electron chi connectivity index (χ0n) is 9.26. The van der Waals surface area contributed by atoms with Gasteiger partial charge in [0.2, 0.25) is 11.8 Å². The number of primary amides is 1. The Morgan fingerprint density at radius 1 is 1.50 bits per heavy atom. The van der Waals surface area contributed by atoms with Crippen molar-refractivity contribution in [3.63, 3.8) is 0 Å². The summed E-state index contributed by atoms with van der Waals surface area (Å²) in [4.78, 5) is 24.8. The molecule has 1 saturated heterocycles. The lowest BCUT2D eigenvalue weighted by molar-refractivity contribution is -0.141. The van der Waals surface area contributed by atoms with Crippen LogP contribution in [0.1, 0.15) is 34.1 Å². The summed E-state index contributed by atoms with van der Waals surface area (Å²) in [5, 5.41) is 0. The molecule has 1 fully saturated rings. The first-order chi connectivity index (χ1) is 6.25. The zero-order valence-corrected chi connectivity index (χ0v) is 9.26. The first-order valence-corrected chi connectivity index (χ1v) is 4.87. The van der Waals surface area contributed by atoms with Crippen LogP contribution in [0.15, 0.2) is 0 Å². The van der Waals surface area contributed by atoms with E-state index in [1.165, 1.54) is 0 Å². The average Bonchev–Trinajstić information content (AvgIpc) is 2.20. The molecule has 4 heteroatoms. The summed E-state index contributed by atoms with van der Waals surface area (Å²) >= 11 is 0. The molecular weight excluding hydrogens is 180 g/mol. The highest BCUT2D eigenvalue weighted by Crippen LogP contribution is 2.41. The Kier molecular flexibility index (Phi) is 2.34. The third-order valence-corrected chi connectivity index (χ3v) is 3.05. The van der Waals surface area contributed by atoms with Crippen LogP contribution < -0.4 is 5.73 Å². The fourth-order valence-electron chi connectivity index (χ4n) is 2.33. The van der Waals surface area contributed by atoms with Gasteiger partial charge in [-0.05, 0) is 20.3 Å². The molecule has 80 valence electrons. The highest BCUT2D eigenvalue weighted by molar-refractivity contribution is 5.96. The maximum absolute atomic E-state index is 11.9. The van der Waals surface area contributed by atoms with Gasteiger partial charge < -0.3 is 10.6 Å². The number of nitrogens with zero attached hydrogens (tertiary/aromatic N) is 1. The molecule has 0 aliphatic carbocycles. The second-order valence-electron chi connectivity index (χ2n) is 4.75. The van der Waals surface area contributed by atoms with E-state index >= 15 is 0 Å². The second-order valence-corrected chi connectivity index (χ2v) is 4.75. The van der Waals surface area contributed by atoms with Crippen molar-refractivity contribution in [3.8, 4) is 0 Å². The number of rotatable bonds is 2. The fourth-order valence-corrected chi connectivity index (χ4v) is 2.33. The van der Waals surface area contributed by atoms with Gasteiger partial charge in [0.15, 0.2) is 0 Å². The van der Waals surface area contributed by atoms with Crippen LogP contribution in [0.5, 0.6) is 0 Å². The third-order valence-electron chi connectivity index (χ3n) is 3.05. The maximum atomic E-state index is 11.9. The molecule has 1 aliphatic rings. The van der Waals surface area contributed by atoms with Crippen LogP contribution in [0.4, 0.5) is 0 Å². The van der Waals surface area contributed by atoms with Gasteiger partial charge in [-0.15, -0.1) is 0 Å². The van der Waals surface area contributed by atoms with Gasteiger partial charge in [0, 0.05) is 12.0 Å². The molecule has 0 aromatic heterocycles. The molecule has 2 N–H and O–H groups in total. The first kappa shape index (κ1) is 11.0. The van der Waals surface area contributed by atoms with Gasteiger partial charge in [0.1, 0.15) is 5.54 Å². The lowest BCUT2D eigenvalue weighted by Gasteiger charge is -2.30. The topological polar surface area (TPSA) is 63.4 Å². The molecule has 0 aromatic rings. The van der Waals surface area contributed by atoms with E-state index in [1.807, 2.05) is 20.8 Å². The number of likely N-dealkylation sites (tertiary alicyclic amines) is 1. The summed E-state index contributed by atoms with van der Waals surface area (Å²) in [5.41, 5.74) is 4.07. The molecule has 0 unspecified atom stereocenters. The minimum atomic E-state index is -0.810. The monoisotopic (exact) mass is 198 g/mol. The smallest absolute Gasteiger partial charge is 0.243 e. The van der Waals surface area contributed by atoms with Crippen molar-refractivity contribution in [3.05, 3.63) is 0 Å². The molecule has 0 spiro atoms. The van der Waals surface area contributed by atoms with Crippen LogP contribution in [0.25, 0.3) is 0 Å². The van der Waals surface area contributed by atoms with Crippen LogP contribution in [0.3, 0.4) is 0 Å². The summed E-state index contributed by atoms with van der Waals surface area (Å²) in [5.74, 6) is -0.403. The third kappa shape index (κ3) is 1.29. The summed E-state index contributed by atoms with van der Waals surface area (Å²) in [7, 11) is 0. The molecule has 2 amide bonds. The Balaban J connectivity index is 3.13. The summed E-state index contributed by atoms with van der Waals surface area (Å²) < 4.78 is 0. The Labute approximate surface area is 84.4 Å². The van der Waals surface area contributed by atoms with Crippen molar-refractivity contribution in [2.24, 2.45) is 11.1 Å². The molecule has 0 bridgehead atoms. The Morgan fingerprint density at radius 2 is 2.00 bits per heavy atom. The van der Waals surface area contributed by atoms with E-state index in [0.29, 0.717) is 13.0 Å². The number of hydrogen-bond donors (Lipinski definition) is 1. The Bertz CT molecular complexity index is 286. The Morgan fingerprint density at radius 3 is 2.29 bits per heavy atom. The van der Waals surface area contributed by atoms with Crippen LogP contribution >= 0.6 is 0 Å². The predicted molar refractivity (Wildman–Crippen MR) is 53.4 cm³/mol. The van der Waals surface area contributed by atoms with Crippen molar-refractivity contribution >= 4 is 11.8 Å². The molecule has 1 aliphatic heterocycles. The number of hydrogen-bond acceptors (Lipinski definition) is 2. The number of likely N-dealkylation sites (N-methyl/N-ethyl adjacent to an activating group) is 1. The van der Waals surface area contributed by atoms with Gasteiger partial charge in [-0.3, -0.25) is 9.59 Å². The molecule has 4 nitrogen and oxygen atoms in total. The lowest BCUT2D eigenvalue weighted by atomic mass is 9.84. The van der Waals surface area contributed by atoms with E-state index in [9.17, 15) is 9.59 Å². The molecule has 1 rings (SSSR count). The van der Waals surface area contributed by atoms with Crippen LogP contribution in [0.2, 0.25) is 0 Å². The zero-order chi connectivity index (χ0) is 11.1. The van der Waals surface area contributed by atoms with Crippen molar-refractivity contribution < 1.29 is 9.59 Å². The van der Waals surface area contributed by atoms with E-state index in [0.717, 1.165) is 0 Å². The van der Waals surface area contributed by atoms with Gasteiger partial charge in [-0.25, -0.2) is 0 Å². The lowest BCUT2D eigenvalue weighted by Crippen LogP contribution is -2.52. The molecular formula is C10H18N2O2. The summed E-state index contributed by atoms with van der Waals surface area (Å²) in [6.07, 6.45) is 0.502. The van der Waals surface area contributed by atoms with Crippen molar-refractivity contribution in [2.45, 2.75) is 39.7 Å². The Hall–Kier alpha value is -1.06. The minimum Gasteiger partial charge on any atom is -0.368 e. The largest absolute Gasteiger partial charge is 0.368 e. The fraction of sp³-hybridized carbons (Fsp3) is 0.800. The van der Waals surface area contributed by atoms with Gasteiger partial charge in [-0.2, -0.15) is 0 Å². The van der Waals surface area contributed by atoms with Gasteiger partial charge in [0.25, 0.3) is 0 Å². The highest BCUT2D eigenvalue weighted by atomic mass is 16.2. The highest BCUT2D eigenvalue weighted by Gasteiger charge is 2.54. The molecule has 1 heterocycles. The molecule has 1 atom stereocenters.